The van der Waals surface area contributed by atoms with Crippen LogP contribution >= 0.6 is 0 Å². The zero-order valence-corrected chi connectivity index (χ0v) is 22.0. The summed E-state index contributed by atoms with van der Waals surface area (Å²) in [7, 11) is 0.408. The molecular weight excluding hydrogens is 484 g/mol. The Labute approximate surface area is 218 Å². The molecule has 7 nitrogen and oxygen atoms in total. The lowest BCUT2D eigenvalue weighted by atomic mass is 9.90. The Hall–Kier alpha value is -3.33. The molecule has 1 N–H and O–H groups in total. The summed E-state index contributed by atoms with van der Waals surface area (Å²) in [5.41, 5.74) is 4.57. The van der Waals surface area contributed by atoms with E-state index in [0.717, 1.165) is 37.1 Å². The van der Waals surface area contributed by atoms with E-state index in [-0.39, 0.29) is 10.8 Å². The summed E-state index contributed by atoms with van der Waals surface area (Å²) < 4.78 is 28.4. The standard InChI is InChI=1S/C29H32N4O3S/c1-32(2)20-21-11-13-23(14-12-21)30-28(22-9-5-3-6-10-22)27-25-19-24(15-16-26(25)31-29(27)34)37(35,36)33-17-7-4-8-18-33/h3,5-6,9-16,19,27H,4,7-8,17-18,20H2,1-2H3,(H,31,34). The molecule has 1 unspecified atom stereocenters. The van der Waals surface area contributed by atoms with Gasteiger partial charge in [0.2, 0.25) is 15.9 Å². The Morgan fingerprint density at radius 1 is 0.973 bits per heavy atom. The second kappa shape index (κ2) is 10.6. The third-order valence-corrected chi connectivity index (χ3v) is 8.73. The van der Waals surface area contributed by atoms with Gasteiger partial charge in [-0.25, -0.2) is 8.42 Å². The van der Waals surface area contributed by atoms with Gasteiger partial charge in [-0.3, -0.25) is 9.79 Å². The lowest BCUT2D eigenvalue weighted by molar-refractivity contribution is -0.115. The van der Waals surface area contributed by atoms with Gasteiger partial charge in [-0.2, -0.15) is 4.31 Å². The van der Waals surface area contributed by atoms with E-state index < -0.39 is 15.9 Å². The molecule has 1 fully saturated rings. The fourth-order valence-corrected chi connectivity index (χ4v) is 6.56. The van der Waals surface area contributed by atoms with Crippen LogP contribution in [0.4, 0.5) is 11.4 Å². The monoisotopic (exact) mass is 516 g/mol. The first kappa shape index (κ1) is 25.3. The third kappa shape index (κ3) is 5.37. The highest BCUT2D eigenvalue weighted by molar-refractivity contribution is 7.89. The van der Waals surface area contributed by atoms with Gasteiger partial charge in [-0.1, -0.05) is 48.9 Å². The van der Waals surface area contributed by atoms with Crippen molar-refractivity contribution in [3.8, 4) is 0 Å². The molecule has 0 aromatic heterocycles. The van der Waals surface area contributed by atoms with Crippen LogP contribution in [0.15, 0.2) is 82.7 Å². The zero-order valence-electron chi connectivity index (χ0n) is 21.2. The predicted molar refractivity (Wildman–Crippen MR) is 147 cm³/mol. The summed E-state index contributed by atoms with van der Waals surface area (Å²) in [5.74, 6) is -0.940. The Balaban J connectivity index is 1.57. The number of nitrogens with one attached hydrogen (secondary N) is 1. The maximum Gasteiger partial charge on any atom is 0.243 e. The highest BCUT2D eigenvalue weighted by Gasteiger charge is 2.37. The van der Waals surface area contributed by atoms with Crippen LogP contribution < -0.4 is 5.32 Å². The van der Waals surface area contributed by atoms with Gasteiger partial charge >= 0.3 is 0 Å². The highest BCUT2D eigenvalue weighted by Crippen LogP contribution is 2.38. The summed E-state index contributed by atoms with van der Waals surface area (Å²) in [6.07, 6.45) is 2.78. The lowest BCUT2D eigenvalue weighted by Gasteiger charge is -2.26. The number of nitrogens with zero attached hydrogens (tertiary/aromatic N) is 3. The number of hydrogen-bond acceptors (Lipinski definition) is 5. The number of anilines is 1. The zero-order chi connectivity index (χ0) is 26.0. The van der Waals surface area contributed by atoms with E-state index in [1.807, 2.05) is 68.7 Å². The van der Waals surface area contributed by atoms with E-state index in [1.54, 1.807) is 22.5 Å². The highest BCUT2D eigenvalue weighted by atomic mass is 32.2. The molecule has 192 valence electrons. The van der Waals surface area contributed by atoms with Crippen molar-refractivity contribution in [1.82, 2.24) is 9.21 Å². The average Bonchev–Trinajstić information content (AvgIpc) is 3.23. The molecule has 1 amide bonds. The SMILES string of the molecule is CN(C)Cc1ccc(N=C(c2ccccc2)C2C(=O)Nc3ccc(S(=O)(=O)N4CCCCC4)cc32)cc1. The molecule has 0 radical (unpaired) electrons. The molecule has 0 saturated carbocycles. The van der Waals surface area contributed by atoms with E-state index in [2.05, 4.69) is 10.2 Å². The van der Waals surface area contributed by atoms with Crippen molar-refractivity contribution in [2.75, 3.05) is 32.5 Å². The fourth-order valence-electron chi connectivity index (χ4n) is 5.01. The number of rotatable bonds is 7. The minimum absolute atomic E-state index is 0.214. The Kier molecular flexibility index (Phi) is 7.24. The van der Waals surface area contributed by atoms with Crippen LogP contribution in [-0.2, 0) is 21.4 Å². The number of hydrogen-bond donors (Lipinski definition) is 1. The van der Waals surface area contributed by atoms with Crippen molar-refractivity contribution in [3.05, 3.63) is 89.5 Å². The van der Waals surface area contributed by atoms with Gasteiger partial charge in [-0.15, -0.1) is 0 Å². The van der Waals surface area contributed by atoms with Gasteiger partial charge in [-0.05, 0) is 74.0 Å². The molecule has 37 heavy (non-hydrogen) atoms. The van der Waals surface area contributed by atoms with E-state index in [9.17, 15) is 13.2 Å². The first-order chi connectivity index (χ1) is 17.8. The normalized spacial score (nSPS) is 18.6. The summed E-state index contributed by atoms with van der Waals surface area (Å²) in [6.45, 7) is 1.88. The molecule has 3 aromatic rings. The lowest BCUT2D eigenvalue weighted by Crippen LogP contribution is -2.35. The van der Waals surface area contributed by atoms with E-state index >= 15 is 0 Å². The number of sulfonamides is 1. The molecule has 3 aromatic carbocycles. The van der Waals surface area contributed by atoms with Crippen molar-refractivity contribution >= 4 is 33.0 Å². The summed E-state index contributed by atoms with van der Waals surface area (Å²) in [5, 5.41) is 2.94. The van der Waals surface area contributed by atoms with E-state index in [4.69, 9.17) is 4.99 Å². The number of fused-ring (bicyclic) bond motifs is 1. The first-order valence-electron chi connectivity index (χ1n) is 12.7. The number of carbonyl (C=O) groups is 1. The van der Waals surface area contributed by atoms with Crippen molar-refractivity contribution in [2.45, 2.75) is 36.6 Å². The fraction of sp³-hybridized carbons (Fsp3) is 0.310. The van der Waals surface area contributed by atoms with Crippen LogP contribution in [0, 0.1) is 0 Å². The largest absolute Gasteiger partial charge is 0.325 e. The van der Waals surface area contributed by atoms with Gasteiger partial charge in [0.05, 0.1) is 16.3 Å². The number of benzene rings is 3. The van der Waals surface area contributed by atoms with E-state index in [0.29, 0.717) is 30.1 Å². The molecule has 8 heteroatoms. The van der Waals surface area contributed by atoms with E-state index in [1.165, 1.54) is 5.56 Å². The maximum absolute atomic E-state index is 13.4. The van der Waals surface area contributed by atoms with Gasteiger partial charge in [0.25, 0.3) is 0 Å². The van der Waals surface area contributed by atoms with Crippen LogP contribution in [0.5, 0.6) is 0 Å². The first-order valence-corrected chi connectivity index (χ1v) is 14.1. The summed E-state index contributed by atoms with van der Waals surface area (Å²) in [4.78, 5) is 20.6. The maximum atomic E-state index is 13.4. The van der Waals surface area contributed by atoms with Gasteiger partial charge in [0, 0.05) is 25.3 Å². The van der Waals surface area contributed by atoms with Crippen LogP contribution in [0.25, 0.3) is 0 Å². The smallest absolute Gasteiger partial charge is 0.243 e. The van der Waals surface area contributed by atoms with Gasteiger partial charge in [0.1, 0.15) is 5.92 Å². The van der Waals surface area contributed by atoms with Crippen LogP contribution in [0.2, 0.25) is 0 Å². The predicted octanol–water partition coefficient (Wildman–Crippen LogP) is 4.78. The minimum Gasteiger partial charge on any atom is -0.325 e. The van der Waals surface area contributed by atoms with Crippen molar-refractivity contribution in [1.29, 1.82) is 0 Å². The number of aliphatic imine (C=N–C) groups is 1. The topological polar surface area (TPSA) is 82.1 Å². The average molecular weight is 517 g/mol. The number of amides is 1. The Bertz CT molecular complexity index is 1410. The van der Waals surface area contributed by atoms with Crippen molar-refractivity contribution in [2.24, 2.45) is 4.99 Å². The summed E-state index contributed by atoms with van der Waals surface area (Å²) >= 11 is 0. The minimum atomic E-state index is -3.64. The van der Waals surface area contributed by atoms with Gasteiger partial charge in [0.15, 0.2) is 0 Å². The van der Waals surface area contributed by atoms with Crippen LogP contribution in [-0.4, -0.2) is 56.4 Å². The molecule has 1 atom stereocenters. The Morgan fingerprint density at radius 2 is 1.68 bits per heavy atom. The molecule has 0 spiro atoms. The quantitative estimate of drug-likeness (QED) is 0.458. The second-order valence-corrected chi connectivity index (χ2v) is 11.8. The second-order valence-electron chi connectivity index (χ2n) is 9.90. The van der Waals surface area contributed by atoms with Gasteiger partial charge < -0.3 is 10.2 Å². The number of carbonyl (C=O) groups excluding carboxylic acids is 1. The van der Waals surface area contributed by atoms with Crippen molar-refractivity contribution in [3.63, 3.8) is 0 Å². The molecule has 2 heterocycles. The molecular formula is C29H32N4O3S. The third-order valence-electron chi connectivity index (χ3n) is 6.83. The molecule has 2 aliphatic heterocycles. The molecule has 5 rings (SSSR count). The Morgan fingerprint density at radius 3 is 2.35 bits per heavy atom. The molecule has 2 aliphatic rings. The molecule has 0 bridgehead atoms. The van der Waals surface area contributed by atoms with Crippen LogP contribution in [0.1, 0.15) is 41.9 Å². The summed E-state index contributed by atoms with van der Waals surface area (Å²) in [6, 6.07) is 22.5. The molecule has 0 aliphatic carbocycles. The van der Waals surface area contributed by atoms with Crippen LogP contribution in [0.3, 0.4) is 0 Å². The molecule has 1 saturated heterocycles. The number of piperidine rings is 1. The van der Waals surface area contributed by atoms with Crippen molar-refractivity contribution < 1.29 is 13.2 Å².